The third-order valence-corrected chi connectivity index (χ3v) is 3.69. The van der Waals surface area contributed by atoms with Gasteiger partial charge < -0.3 is 10.1 Å². The molecular weight excluding hydrogens is 214 g/mol. The number of carbonyl (C=O) groups excluding carboxylic acids is 1. The lowest BCUT2D eigenvalue weighted by molar-refractivity contribution is -0.163. The molecule has 2 atom stereocenters. The van der Waals surface area contributed by atoms with Gasteiger partial charge in [-0.1, -0.05) is 20.8 Å². The van der Waals surface area contributed by atoms with Gasteiger partial charge in [0.25, 0.3) is 0 Å². The first-order valence-corrected chi connectivity index (χ1v) is 6.92. The van der Waals surface area contributed by atoms with Crippen molar-refractivity contribution in [1.29, 1.82) is 0 Å². The number of hydrogen-bond acceptors (Lipinski definition) is 3. The van der Waals surface area contributed by atoms with E-state index in [0.717, 1.165) is 38.8 Å². The molecule has 17 heavy (non-hydrogen) atoms. The minimum Gasteiger partial charge on any atom is -0.462 e. The van der Waals surface area contributed by atoms with E-state index in [9.17, 15) is 4.79 Å². The molecule has 0 amide bonds. The second kappa shape index (κ2) is 6.39. The van der Waals surface area contributed by atoms with Crippen LogP contribution in [0, 0.1) is 11.3 Å². The van der Waals surface area contributed by atoms with Gasteiger partial charge in [0.05, 0.1) is 11.5 Å². The summed E-state index contributed by atoms with van der Waals surface area (Å²) in [6.45, 7) is 10.2. The molecular formula is C14H27NO2. The molecule has 3 nitrogen and oxygen atoms in total. The van der Waals surface area contributed by atoms with Crippen LogP contribution in [0.25, 0.3) is 0 Å². The topological polar surface area (TPSA) is 38.3 Å². The Balaban J connectivity index is 2.54. The highest BCUT2D eigenvalue weighted by Crippen LogP contribution is 2.32. The molecule has 1 rings (SSSR count). The number of ether oxygens (including phenoxy) is 1. The summed E-state index contributed by atoms with van der Waals surface area (Å²) in [4.78, 5) is 12.3. The second-order valence-electron chi connectivity index (χ2n) is 5.76. The van der Waals surface area contributed by atoms with E-state index in [1.807, 2.05) is 6.92 Å². The molecule has 0 aromatic rings. The van der Waals surface area contributed by atoms with E-state index in [1.165, 1.54) is 0 Å². The normalized spacial score (nSPS) is 26.9. The number of nitrogens with one attached hydrogen (secondary N) is 1. The van der Waals surface area contributed by atoms with Crippen molar-refractivity contribution in [3.8, 4) is 0 Å². The molecule has 1 heterocycles. The van der Waals surface area contributed by atoms with Crippen LogP contribution in [0.1, 0.15) is 53.4 Å². The van der Waals surface area contributed by atoms with Crippen molar-refractivity contribution >= 4 is 5.97 Å². The minimum atomic E-state index is -0.274. The number of hydrogen-bond donors (Lipinski definition) is 1. The lowest BCUT2D eigenvalue weighted by atomic mass is 9.78. The summed E-state index contributed by atoms with van der Waals surface area (Å²) >= 11 is 0. The second-order valence-corrected chi connectivity index (χ2v) is 5.76. The molecule has 1 aliphatic rings. The Morgan fingerprint density at radius 1 is 1.41 bits per heavy atom. The van der Waals surface area contributed by atoms with Crippen LogP contribution in [0.2, 0.25) is 0 Å². The Morgan fingerprint density at radius 2 is 2.12 bits per heavy atom. The van der Waals surface area contributed by atoms with Crippen molar-refractivity contribution in [3.63, 3.8) is 0 Å². The molecule has 1 N–H and O–H groups in total. The number of piperidine rings is 1. The van der Waals surface area contributed by atoms with Crippen LogP contribution in [0.3, 0.4) is 0 Å². The van der Waals surface area contributed by atoms with Gasteiger partial charge in [0.2, 0.25) is 0 Å². The van der Waals surface area contributed by atoms with Crippen LogP contribution < -0.4 is 5.32 Å². The summed E-state index contributed by atoms with van der Waals surface area (Å²) in [5.74, 6) is 0.570. The summed E-state index contributed by atoms with van der Waals surface area (Å²) in [6.07, 6.45) is 3.88. The van der Waals surface area contributed by atoms with E-state index in [4.69, 9.17) is 4.74 Å². The standard InChI is InChI=1S/C14H27NO2/c1-5-14(7-6-8-15-10-14)13(16)17-12(4)9-11(2)3/h11-12,15H,5-10H2,1-4H3. The van der Waals surface area contributed by atoms with E-state index in [2.05, 4.69) is 26.1 Å². The molecule has 2 unspecified atom stereocenters. The van der Waals surface area contributed by atoms with Gasteiger partial charge in [-0.3, -0.25) is 4.79 Å². The van der Waals surface area contributed by atoms with Crippen molar-refractivity contribution in [1.82, 2.24) is 5.32 Å². The molecule has 0 aromatic carbocycles. The SMILES string of the molecule is CCC1(C(=O)OC(C)CC(C)C)CCCNC1. The van der Waals surface area contributed by atoms with E-state index in [-0.39, 0.29) is 17.5 Å². The first kappa shape index (κ1) is 14.5. The first-order valence-electron chi connectivity index (χ1n) is 6.92. The smallest absolute Gasteiger partial charge is 0.313 e. The van der Waals surface area contributed by atoms with Crippen molar-refractivity contribution in [2.75, 3.05) is 13.1 Å². The van der Waals surface area contributed by atoms with E-state index < -0.39 is 0 Å². The highest BCUT2D eigenvalue weighted by Gasteiger charge is 2.39. The maximum atomic E-state index is 12.3. The molecule has 0 saturated carbocycles. The summed E-state index contributed by atoms with van der Waals surface area (Å²) in [7, 11) is 0. The summed E-state index contributed by atoms with van der Waals surface area (Å²) in [5, 5.41) is 3.32. The largest absolute Gasteiger partial charge is 0.462 e. The molecule has 1 saturated heterocycles. The molecule has 0 aromatic heterocycles. The van der Waals surface area contributed by atoms with Crippen LogP contribution in [-0.4, -0.2) is 25.2 Å². The lowest BCUT2D eigenvalue weighted by Crippen LogP contribution is -2.46. The Bertz CT molecular complexity index is 245. The fraction of sp³-hybridized carbons (Fsp3) is 0.929. The van der Waals surface area contributed by atoms with Crippen molar-refractivity contribution in [2.45, 2.75) is 59.5 Å². The number of esters is 1. The van der Waals surface area contributed by atoms with Crippen LogP contribution >= 0.6 is 0 Å². The van der Waals surface area contributed by atoms with Gasteiger partial charge in [-0.25, -0.2) is 0 Å². The maximum Gasteiger partial charge on any atom is 0.313 e. The molecule has 100 valence electrons. The van der Waals surface area contributed by atoms with Crippen molar-refractivity contribution in [2.24, 2.45) is 11.3 Å². The summed E-state index contributed by atoms with van der Waals surface area (Å²) < 4.78 is 5.62. The average molecular weight is 241 g/mol. The third kappa shape index (κ3) is 3.98. The predicted molar refractivity (Wildman–Crippen MR) is 69.8 cm³/mol. The Hall–Kier alpha value is -0.570. The van der Waals surface area contributed by atoms with Gasteiger partial charge >= 0.3 is 5.97 Å². The van der Waals surface area contributed by atoms with Crippen molar-refractivity contribution in [3.05, 3.63) is 0 Å². The number of rotatable bonds is 5. The summed E-state index contributed by atoms with van der Waals surface area (Å²) in [6, 6.07) is 0. The van der Waals surface area contributed by atoms with Gasteiger partial charge in [0, 0.05) is 6.54 Å². The van der Waals surface area contributed by atoms with Crippen LogP contribution in [0.15, 0.2) is 0 Å². The zero-order chi connectivity index (χ0) is 12.9. The predicted octanol–water partition coefficient (Wildman–Crippen LogP) is 2.74. The molecule has 0 aliphatic carbocycles. The van der Waals surface area contributed by atoms with Crippen molar-refractivity contribution < 1.29 is 9.53 Å². The Kier molecular flexibility index (Phi) is 5.44. The zero-order valence-electron chi connectivity index (χ0n) is 11.7. The maximum absolute atomic E-state index is 12.3. The van der Waals surface area contributed by atoms with E-state index in [1.54, 1.807) is 0 Å². The molecule has 0 spiro atoms. The van der Waals surface area contributed by atoms with Gasteiger partial charge in [0.15, 0.2) is 0 Å². The van der Waals surface area contributed by atoms with E-state index >= 15 is 0 Å². The molecule has 0 radical (unpaired) electrons. The van der Waals surface area contributed by atoms with Gasteiger partial charge in [-0.2, -0.15) is 0 Å². The average Bonchev–Trinajstić information content (AvgIpc) is 2.28. The molecule has 1 aliphatic heterocycles. The monoisotopic (exact) mass is 241 g/mol. The third-order valence-electron chi connectivity index (χ3n) is 3.69. The quantitative estimate of drug-likeness (QED) is 0.752. The van der Waals surface area contributed by atoms with Gasteiger partial charge in [0.1, 0.15) is 0 Å². The minimum absolute atomic E-state index is 0.000324. The van der Waals surface area contributed by atoms with E-state index in [0.29, 0.717) is 5.92 Å². The van der Waals surface area contributed by atoms with Gasteiger partial charge in [-0.15, -0.1) is 0 Å². The van der Waals surface area contributed by atoms with Gasteiger partial charge in [-0.05, 0) is 45.1 Å². The Morgan fingerprint density at radius 3 is 2.59 bits per heavy atom. The lowest BCUT2D eigenvalue weighted by Gasteiger charge is -2.35. The zero-order valence-corrected chi connectivity index (χ0v) is 11.7. The fourth-order valence-corrected chi connectivity index (χ4v) is 2.61. The highest BCUT2D eigenvalue weighted by atomic mass is 16.5. The first-order chi connectivity index (χ1) is 8.00. The summed E-state index contributed by atoms with van der Waals surface area (Å²) in [5.41, 5.74) is -0.274. The molecule has 0 bridgehead atoms. The van der Waals surface area contributed by atoms with Crippen LogP contribution in [0.4, 0.5) is 0 Å². The molecule has 1 fully saturated rings. The van der Waals surface area contributed by atoms with Crippen LogP contribution in [0.5, 0.6) is 0 Å². The molecule has 3 heteroatoms. The number of carbonyl (C=O) groups is 1. The fourth-order valence-electron chi connectivity index (χ4n) is 2.61. The highest BCUT2D eigenvalue weighted by molar-refractivity contribution is 5.77. The van der Waals surface area contributed by atoms with Crippen LogP contribution in [-0.2, 0) is 9.53 Å². The Labute approximate surface area is 105 Å².